The van der Waals surface area contributed by atoms with Gasteiger partial charge in [-0.25, -0.2) is 0 Å². The van der Waals surface area contributed by atoms with Crippen LogP contribution in [0.15, 0.2) is 91.1 Å². The van der Waals surface area contributed by atoms with Gasteiger partial charge in [-0.1, -0.05) is 24.3 Å². The van der Waals surface area contributed by atoms with E-state index in [-0.39, 0.29) is 18.2 Å². The molecule has 1 saturated heterocycles. The Morgan fingerprint density at radius 2 is 1.62 bits per heavy atom. The molecule has 0 unspecified atom stereocenters. The molecule has 0 radical (unpaired) electrons. The maximum Gasteiger partial charge on any atom is 0.174 e. The van der Waals surface area contributed by atoms with Crippen molar-refractivity contribution in [1.82, 2.24) is 14.9 Å². The smallest absolute Gasteiger partial charge is 0.174 e. The molecule has 0 spiro atoms. The van der Waals surface area contributed by atoms with E-state index in [4.69, 9.17) is 17.0 Å². The highest BCUT2D eigenvalue weighted by molar-refractivity contribution is 7.80. The number of thiocarbonyl (C=S) groups is 1. The van der Waals surface area contributed by atoms with Crippen molar-refractivity contribution in [3.8, 4) is 11.4 Å². The Balaban J connectivity index is 1.63. The van der Waals surface area contributed by atoms with Gasteiger partial charge in [0.15, 0.2) is 5.11 Å². The van der Waals surface area contributed by atoms with Crippen LogP contribution in [0.3, 0.4) is 0 Å². The van der Waals surface area contributed by atoms with Crippen LogP contribution in [0.2, 0.25) is 0 Å². The first-order valence-corrected chi connectivity index (χ1v) is 11.9. The molecule has 5 nitrogen and oxygen atoms in total. The molecule has 2 atom stereocenters. The summed E-state index contributed by atoms with van der Waals surface area (Å²) in [5, 5.41) is 4.23. The first kappa shape index (κ1) is 22.2. The number of aryl methyl sites for hydroxylation is 1. The third kappa shape index (κ3) is 4.17. The molecule has 5 rings (SSSR count). The number of hydrogen-bond donors (Lipinski definition) is 1. The van der Waals surface area contributed by atoms with Crippen LogP contribution in [0.1, 0.15) is 43.0 Å². The Bertz CT molecular complexity index is 1270. The van der Waals surface area contributed by atoms with Gasteiger partial charge >= 0.3 is 0 Å². The lowest BCUT2D eigenvalue weighted by molar-refractivity contribution is 0.242. The number of rotatable bonds is 6. The highest BCUT2D eigenvalue weighted by Crippen LogP contribution is 2.43. The third-order valence-corrected chi connectivity index (χ3v) is 6.32. The van der Waals surface area contributed by atoms with Gasteiger partial charge in [0, 0.05) is 29.0 Å². The van der Waals surface area contributed by atoms with E-state index in [1.165, 1.54) is 5.69 Å². The number of para-hydroxylation sites is 1. The van der Waals surface area contributed by atoms with E-state index >= 15 is 0 Å². The van der Waals surface area contributed by atoms with Crippen molar-refractivity contribution in [2.45, 2.75) is 39.0 Å². The van der Waals surface area contributed by atoms with Gasteiger partial charge < -0.3 is 19.5 Å². The zero-order valence-electron chi connectivity index (χ0n) is 19.6. The molecule has 1 aliphatic rings. The maximum absolute atomic E-state index is 5.89. The average molecular weight is 469 g/mol. The Morgan fingerprint density at radius 1 is 0.882 bits per heavy atom. The highest BCUT2D eigenvalue weighted by Gasteiger charge is 2.42. The van der Waals surface area contributed by atoms with Crippen LogP contribution in [0.25, 0.3) is 5.69 Å². The van der Waals surface area contributed by atoms with Gasteiger partial charge in [-0.05, 0) is 93.7 Å². The molecular formula is C28H28N4OS. The summed E-state index contributed by atoms with van der Waals surface area (Å²) in [6.07, 6.45) is 1.96. The number of hydrogen-bond acceptors (Lipinski definition) is 3. The van der Waals surface area contributed by atoms with Gasteiger partial charge in [-0.3, -0.25) is 4.98 Å². The fourth-order valence-electron chi connectivity index (χ4n) is 4.61. The van der Waals surface area contributed by atoms with E-state index in [0.29, 0.717) is 5.11 Å². The molecule has 172 valence electrons. The highest BCUT2D eigenvalue weighted by atomic mass is 32.1. The number of nitrogens with zero attached hydrogens (tertiary/aromatic N) is 3. The van der Waals surface area contributed by atoms with Crippen molar-refractivity contribution >= 4 is 23.0 Å². The molecule has 1 fully saturated rings. The lowest BCUT2D eigenvalue weighted by Gasteiger charge is -2.29. The average Bonchev–Trinajstić information content (AvgIpc) is 3.39. The first-order chi connectivity index (χ1) is 16.5. The van der Waals surface area contributed by atoms with Gasteiger partial charge in [-0.15, -0.1) is 0 Å². The number of ether oxygens (including phenoxy) is 1. The Kier molecular flexibility index (Phi) is 6.07. The summed E-state index contributed by atoms with van der Waals surface area (Å²) in [6, 6.07) is 28.8. The van der Waals surface area contributed by atoms with Crippen LogP contribution < -0.4 is 15.0 Å². The topological polar surface area (TPSA) is 42.3 Å². The number of aromatic nitrogens is 2. The normalized spacial score (nSPS) is 17.8. The minimum atomic E-state index is -0.1000. The van der Waals surface area contributed by atoms with E-state index in [0.717, 1.165) is 28.5 Å². The van der Waals surface area contributed by atoms with E-state index in [9.17, 15) is 0 Å². The van der Waals surface area contributed by atoms with E-state index in [2.05, 4.69) is 81.3 Å². The van der Waals surface area contributed by atoms with Crippen LogP contribution >= 0.6 is 12.2 Å². The van der Waals surface area contributed by atoms with Gasteiger partial charge in [0.05, 0.1) is 17.8 Å². The van der Waals surface area contributed by atoms with Gasteiger partial charge in [-0.2, -0.15) is 0 Å². The number of nitrogens with one attached hydrogen (secondary N) is 1. The standard InChI is InChI=1S/C28H28N4OS/c1-19(2)33-23-15-13-22(14-16-23)32-27(26(30-28(32)34)24-11-7-8-18-29-24)25-17-12-20(3)31(25)21-9-5-4-6-10-21/h4-19,26-27H,1-3H3,(H,30,34)/t26-,27-/m1/s1. The Labute approximate surface area is 206 Å². The quantitative estimate of drug-likeness (QED) is 0.344. The van der Waals surface area contributed by atoms with Crippen LogP contribution in [-0.2, 0) is 0 Å². The zero-order valence-corrected chi connectivity index (χ0v) is 20.4. The third-order valence-electron chi connectivity index (χ3n) is 6.01. The van der Waals surface area contributed by atoms with E-state index in [1.54, 1.807) is 0 Å². The zero-order chi connectivity index (χ0) is 23.7. The van der Waals surface area contributed by atoms with Crippen LogP contribution in [0.4, 0.5) is 5.69 Å². The van der Waals surface area contributed by atoms with Crippen LogP contribution in [0.5, 0.6) is 5.75 Å². The molecule has 0 saturated carbocycles. The molecule has 34 heavy (non-hydrogen) atoms. The fourth-order valence-corrected chi connectivity index (χ4v) is 4.96. The minimum absolute atomic E-state index is 0.0897. The van der Waals surface area contributed by atoms with Crippen molar-refractivity contribution in [3.05, 3.63) is 108 Å². The lowest BCUT2D eigenvalue weighted by atomic mass is 10.0. The fraction of sp³-hybridized carbons (Fsp3) is 0.214. The maximum atomic E-state index is 5.89. The summed E-state index contributed by atoms with van der Waals surface area (Å²) in [7, 11) is 0. The van der Waals surface area contributed by atoms with Crippen molar-refractivity contribution < 1.29 is 4.74 Å². The molecule has 1 aliphatic heterocycles. The molecule has 0 bridgehead atoms. The second kappa shape index (κ2) is 9.31. The molecule has 4 aromatic rings. The molecule has 3 heterocycles. The predicted octanol–water partition coefficient (Wildman–Crippen LogP) is 6.15. The van der Waals surface area contributed by atoms with Crippen molar-refractivity contribution in [3.63, 3.8) is 0 Å². The predicted molar refractivity (Wildman–Crippen MR) is 141 cm³/mol. The molecule has 1 N–H and O–H groups in total. The van der Waals surface area contributed by atoms with Gasteiger partial charge in [0.2, 0.25) is 0 Å². The minimum Gasteiger partial charge on any atom is -0.491 e. The molecule has 2 aromatic carbocycles. The first-order valence-electron chi connectivity index (χ1n) is 11.5. The second-order valence-corrected chi connectivity index (χ2v) is 9.11. The monoisotopic (exact) mass is 468 g/mol. The van der Waals surface area contributed by atoms with Gasteiger partial charge in [0.25, 0.3) is 0 Å². The molecule has 0 amide bonds. The Morgan fingerprint density at radius 3 is 2.29 bits per heavy atom. The summed E-state index contributed by atoms with van der Waals surface area (Å²) in [5.41, 5.74) is 5.40. The SMILES string of the molecule is Cc1ccc([C@@H]2[C@@H](c3ccccn3)NC(=S)N2c2ccc(OC(C)C)cc2)n1-c1ccccc1. The number of anilines is 1. The summed E-state index contributed by atoms with van der Waals surface area (Å²) in [5.74, 6) is 0.846. The number of benzene rings is 2. The summed E-state index contributed by atoms with van der Waals surface area (Å²) >= 11 is 5.89. The molecule has 2 aromatic heterocycles. The van der Waals surface area contributed by atoms with Crippen molar-refractivity contribution in [2.75, 3.05) is 4.90 Å². The Hall–Kier alpha value is -3.64. The van der Waals surface area contributed by atoms with Crippen molar-refractivity contribution in [1.29, 1.82) is 0 Å². The lowest BCUT2D eigenvalue weighted by Crippen LogP contribution is -2.30. The summed E-state index contributed by atoms with van der Waals surface area (Å²) < 4.78 is 8.16. The summed E-state index contributed by atoms with van der Waals surface area (Å²) in [4.78, 5) is 6.87. The van der Waals surface area contributed by atoms with Crippen molar-refractivity contribution in [2.24, 2.45) is 0 Å². The second-order valence-electron chi connectivity index (χ2n) is 8.73. The van der Waals surface area contributed by atoms with E-state index < -0.39 is 0 Å². The summed E-state index contributed by atoms with van der Waals surface area (Å²) in [6.45, 7) is 6.19. The van der Waals surface area contributed by atoms with Crippen LogP contribution in [-0.4, -0.2) is 20.8 Å². The van der Waals surface area contributed by atoms with E-state index in [1.807, 2.05) is 50.4 Å². The molecule has 0 aliphatic carbocycles. The molecule has 6 heteroatoms. The van der Waals surface area contributed by atoms with Crippen LogP contribution in [0, 0.1) is 6.92 Å². The molecular weight excluding hydrogens is 440 g/mol. The van der Waals surface area contributed by atoms with Gasteiger partial charge in [0.1, 0.15) is 11.8 Å². The largest absolute Gasteiger partial charge is 0.491 e. The number of pyridine rings is 1.